The molecule has 19 heavy (non-hydrogen) atoms. The number of hydrogen-bond donors (Lipinski definition) is 1. The minimum absolute atomic E-state index is 0.0353. The van der Waals surface area contributed by atoms with Gasteiger partial charge in [0.25, 0.3) is 0 Å². The molecule has 1 atom stereocenters. The van der Waals surface area contributed by atoms with E-state index in [1.807, 2.05) is 30.3 Å². The summed E-state index contributed by atoms with van der Waals surface area (Å²) in [6.07, 6.45) is -4.29. The maximum atomic E-state index is 11.8. The standard InChI is InChI=1S/C13H15F3N2O/c14-13(15,16)10-19-7-6-18-9-12(8-17)11-4-2-1-3-5-11/h1-5,12,18H,6-7,9-10H2. The summed E-state index contributed by atoms with van der Waals surface area (Å²) in [5.74, 6) is -0.316. The highest BCUT2D eigenvalue weighted by molar-refractivity contribution is 5.24. The van der Waals surface area contributed by atoms with Gasteiger partial charge in [-0.3, -0.25) is 0 Å². The number of alkyl halides is 3. The zero-order chi connectivity index (χ0) is 14.1. The lowest BCUT2D eigenvalue weighted by atomic mass is 10.0. The van der Waals surface area contributed by atoms with Crippen LogP contribution in [-0.4, -0.2) is 32.5 Å². The van der Waals surface area contributed by atoms with E-state index in [-0.39, 0.29) is 19.1 Å². The monoisotopic (exact) mass is 272 g/mol. The third-order valence-electron chi connectivity index (χ3n) is 2.40. The van der Waals surface area contributed by atoms with Crippen LogP contribution in [0.15, 0.2) is 30.3 Å². The van der Waals surface area contributed by atoms with Gasteiger partial charge in [0.1, 0.15) is 6.61 Å². The first-order valence-corrected chi connectivity index (χ1v) is 5.82. The van der Waals surface area contributed by atoms with Gasteiger partial charge in [-0.05, 0) is 5.56 Å². The maximum absolute atomic E-state index is 11.8. The Balaban J connectivity index is 2.20. The number of halogens is 3. The van der Waals surface area contributed by atoms with Crippen molar-refractivity contribution in [1.29, 1.82) is 5.26 Å². The van der Waals surface area contributed by atoms with Gasteiger partial charge in [-0.25, -0.2) is 0 Å². The van der Waals surface area contributed by atoms with Gasteiger partial charge in [-0.1, -0.05) is 30.3 Å². The topological polar surface area (TPSA) is 45.0 Å². The maximum Gasteiger partial charge on any atom is 0.411 e. The minimum Gasteiger partial charge on any atom is -0.371 e. The Bertz CT molecular complexity index is 401. The molecule has 3 nitrogen and oxygen atoms in total. The highest BCUT2D eigenvalue weighted by Gasteiger charge is 2.27. The normalized spacial score (nSPS) is 12.9. The number of ether oxygens (including phenoxy) is 1. The van der Waals surface area contributed by atoms with Crippen molar-refractivity contribution in [3.05, 3.63) is 35.9 Å². The molecule has 0 aliphatic carbocycles. The summed E-state index contributed by atoms with van der Waals surface area (Å²) < 4.78 is 39.8. The number of nitrogens with zero attached hydrogens (tertiary/aromatic N) is 1. The summed E-state index contributed by atoms with van der Waals surface area (Å²) in [5.41, 5.74) is 0.883. The quantitative estimate of drug-likeness (QED) is 0.775. The Morgan fingerprint density at radius 1 is 1.26 bits per heavy atom. The number of nitriles is 1. The van der Waals surface area contributed by atoms with Crippen LogP contribution in [0.3, 0.4) is 0 Å². The number of nitrogens with one attached hydrogen (secondary N) is 1. The molecule has 0 aliphatic rings. The molecule has 0 saturated carbocycles. The molecule has 1 unspecified atom stereocenters. The molecule has 1 aromatic carbocycles. The zero-order valence-corrected chi connectivity index (χ0v) is 10.3. The lowest BCUT2D eigenvalue weighted by Gasteiger charge is -2.11. The van der Waals surface area contributed by atoms with Gasteiger partial charge in [0.05, 0.1) is 18.6 Å². The van der Waals surface area contributed by atoms with Crippen LogP contribution >= 0.6 is 0 Å². The van der Waals surface area contributed by atoms with Gasteiger partial charge in [0.15, 0.2) is 0 Å². The first-order valence-electron chi connectivity index (χ1n) is 5.82. The molecule has 0 radical (unpaired) electrons. The second-order valence-electron chi connectivity index (χ2n) is 3.96. The van der Waals surface area contributed by atoms with E-state index in [1.165, 1.54) is 0 Å². The first-order chi connectivity index (χ1) is 9.03. The SMILES string of the molecule is N#CC(CNCCOCC(F)(F)F)c1ccccc1. The number of benzene rings is 1. The summed E-state index contributed by atoms with van der Waals surface area (Å²) in [7, 11) is 0. The van der Waals surface area contributed by atoms with Gasteiger partial charge < -0.3 is 10.1 Å². The third-order valence-corrected chi connectivity index (χ3v) is 2.40. The molecule has 0 aliphatic heterocycles. The predicted octanol–water partition coefficient (Wildman–Crippen LogP) is 2.46. The van der Waals surface area contributed by atoms with E-state index in [4.69, 9.17) is 5.26 Å². The van der Waals surface area contributed by atoms with E-state index in [0.717, 1.165) is 5.56 Å². The second-order valence-corrected chi connectivity index (χ2v) is 3.96. The zero-order valence-electron chi connectivity index (χ0n) is 10.3. The molecule has 0 amide bonds. The first kappa shape index (κ1) is 15.5. The molecule has 1 N–H and O–H groups in total. The number of hydrogen-bond acceptors (Lipinski definition) is 3. The van der Waals surface area contributed by atoms with E-state index in [9.17, 15) is 13.2 Å². The lowest BCUT2D eigenvalue weighted by Crippen LogP contribution is -2.27. The van der Waals surface area contributed by atoms with Gasteiger partial charge in [-0.2, -0.15) is 18.4 Å². The molecule has 0 heterocycles. The average molecular weight is 272 g/mol. The Hall–Kier alpha value is -1.58. The van der Waals surface area contributed by atoms with Gasteiger partial charge in [0.2, 0.25) is 0 Å². The summed E-state index contributed by atoms with van der Waals surface area (Å²) in [6, 6.07) is 11.4. The molecule has 1 rings (SSSR count). The summed E-state index contributed by atoms with van der Waals surface area (Å²) >= 11 is 0. The van der Waals surface area contributed by atoms with Gasteiger partial charge in [0, 0.05) is 13.1 Å². The summed E-state index contributed by atoms with van der Waals surface area (Å²) in [6.45, 7) is -0.613. The van der Waals surface area contributed by atoms with Gasteiger partial charge >= 0.3 is 6.18 Å². The van der Waals surface area contributed by atoms with E-state index < -0.39 is 12.8 Å². The van der Waals surface area contributed by atoms with Crippen LogP contribution in [0.25, 0.3) is 0 Å². The molecule has 1 aromatic rings. The number of rotatable bonds is 7. The summed E-state index contributed by atoms with van der Waals surface area (Å²) in [4.78, 5) is 0. The Labute approximate surface area is 110 Å². The van der Waals surface area contributed by atoms with Crippen molar-refractivity contribution >= 4 is 0 Å². The molecule has 0 bridgehead atoms. The molecule has 0 aromatic heterocycles. The third kappa shape index (κ3) is 6.79. The van der Waals surface area contributed by atoms with Crippen molar-refractivity contribution in [1.82, 2.24) is 5.32 Å². The van der Waals surface area contributed by atoms with E-state index in [2.05, 4.69) is 16.1 Å². The van der Waals surface area contributed by atoms with Crippen molar-refractivity contribution in [3.8, 4) is 6.07 Å². The fourth-order valence-corrected chi connectivity index (χ4v) is 1.50. The predicted molar refractivity (Wildman–Crippen MR) is 64.5 cm³/mol. The van der Waals surface area contributed by atoms with Crippen molar-refractivity contribution in [3.63, 3.8) is 0 Å². The van der Waals surface area contributed by atoms with Crippen molar-refractivity contribution in [2.75, 3.05) is 26.3 Å². The minimum atomic E-state index is -4.29. The molecule has 104 valence electrons. The second kappa shape index (κ2) is 7.77. The van der Waals surface area contributed by atoms with Crippen LogP contribution in [0.4, 0.5) is 13.2 Å². The van der Waals surface area contributed by atoms with Crippen molar-refractivity contribution < 1.29 is 17.9 Å². The smallest absolute Gasteiger partial charge is 0.371 e. The Kier molecular flexibility index (Phi) is 6.33. The Morgan fingerprint density at radius 2 is 1.95 bits per heavy atom. The van der Waals surface area contributed by atoms with Gasteiger partial charge in [-0.15, -0.1) is 0 Å². The van der Waals surface area contributed by atoms with Crippen LogP contribution in [0, 0.1) is 11.3 Å². The van der Waals surface area contributed by atoms with Crippen LogP contribution < -0.4 is 5.32 Å². The Morgan fingerprint density at radius 3 is 2.53 bits per heavy atom. The van der Waals surface area contributed by atoms with Crippen molar-refractivity contribution in [2.24, 2.45) is 0 Å². The fourth-order valence-electron chi connectivity index (χ4n) is 1.50. The molecular formula is C13H15F3N2O. The van der Waals surface area contributed by atoms with Crippen LogP contribution in [-0.2, 0) is 4.74 Å². The van der Waals surface area contributed by atoms with E-state index >= 15 is 0 Å². The van der Waals surface area contributed by atoms with E-state index in [1.54, 1.807) is 0 Å². The molecule has 6 heteroatoms. The van der Waals surface area contributed by atoms with Crippen LogP contribution in [0.1, 0.15) is 11.5 Å². The molecule has 0 saturated heterocycles. The fraction of sp³-hybridized carbons (Fsp3) is 0.462. The molecular weight excluding hydrogens is 257 g/mol. The molecule has 0 fully saturated rings. The molecule has 0 spiro atoms. The lowest BCUT2D eigenvalue weighted by molar-refractivity contribution is -0.173. The largest absolute Gasteiger partial charge is 0.411 e. The van der Waals surface area contributed by atoms with Crippen molar-refractivity contribution in [2.45, 2.75) is 12.1 Å². The van der Waals surface area contributed by atoms with Crippen LogP contribution in [0.5, 0.6) is 0 Å². The summed E-state index contributed by atoms with van der Waals surface area (Å²) in [5, 5.41) is 11.9. The average Bonchev–Trinajstić information content (AvgIpc) is 2.38. The highest BCUT2D eigenvalue weighted by atomic mass is 19.4. The van der Waals surface area contributed by atoms with Crippen LogP contribution in [0.2, 0.25) is 0 Å². The highest BCUT2D eigenvalue weighted by Crippen LogP contribution is 2.14. The van der Waals surface area contributed by atoms with E-state index in [0.29, 0.717) is 6.54 Å².